The fraction of sp³-hybridized carbons (Fsp3) is 0.571. The molecule has 5 heteroatoms. The van der Waals surface area contributed by atoms with Gasteiger partial charge in [-0.25, -0.2) is 4.98 Å². The summed E-state index contributed by atoms with van der Waals surface area (Å²) in [4.78, 5) is 6.94. The number of hydrogen-bond acceptors (Lipinski definition) is 4. The smallest absolute Gasteiger partial charge is 0.0928 e. The Morgan fingerprint density at radius 3 is 3.05 bits per heavy atom. The minimum atomic E-state index is 0.767. The monoisotopic (exact) mass is 276 g/mol. The molecular formula is C14H20N4S. The topological polar surface area (TPSA) is 34.0 Å². The number of likely N-dealkylation sites (tertiary alicyclic amines) is 1. The van der Waals surface area contributed by atoms with E-state index in [9.17, 15) is 0 Å². The van der Waals surface area contributed by atoms with Crippen molar-refractivity contribution in [3.63, 3.8) is 0 Å². The first-order valence-corrected chi connectivity index (χ1v) is 7.68. The summed E-state index contributed by atoms with van der Waals surface area (Å²) < 4.78 is 1.96. The van der Waals surface area contributed by atoms with Gasteiger partial charge in [0.25, 0.3) is 0 Å². The molecule has 0 unspecified atom stereocenters. The molecule has 0 amide bonds. The van der Waals surface area contributed by atoms with Gasteiger partial charge in [0.1, 0.15) is 0 Å². The molecule has 3 rings (SSSR count). The van der Waals surface area contributed by atoms with Crippen molar-refractivity contribution in [3.05, 3.63) is 34.0 Å². The van der Waals surface area contributed by atoms with E-state index in [1.807, 2.05) is 24.1 Å². The average Bonchev–Trinajstić information content (AvgIpc) is 3.10. The average molecular weight is 276 g/mol. The van der Waals surface area contributed by atoms with Gasteiger partial charge in [-0.3, -0.25) is 9.58 Å². The van der Waals surface area contributed by atoms with Gasteiger partial charge >= 0.3 is 0 Å². The van der Waals surface area contributed by atoms with Crippen LogP contribution in [-0.2, 0) is 20.0 Å². The molecule has 2 aromatic rings. The number of rotatable bonds is 4. The first-order chi connectivity index (χ1) is 9.22. The van der Waals surface area contributed by atoms with Crippen molar-refractivity contribution in [1.82, 2.24) is 19.7 Å². The van der Waals surface area contributed by atoms with Crippen molar-refractivity contribution in [1.29, 1.82) is 0 Å². The molecule has 1 aliphatic rings. The fourth-order valence-electron chi connectivity index (χ4n) is 2.76. The summed E-state index contributed by atoms with van der Waals surface area (Å²) in [6, 6.07) is 0. The molecule has 0 aromatic carbocycles. The minimum Gasteiger partial charge on any atom is -0.299 e. The Kier molecular flexibility index (Phi) is 3.66. The van der Waals surface area contributed by atoms with Crippen LogP contribution < -0.4 is 0 Å². The zero-order valence-electron chi connectivity index (χ0n) is 11.5. The highest BCUT2D eigenvalue weighted by molar-refractivity contribution is 7.09. The Morgan fingerprint density at radius 2 is 2.37 bits per heavy atom. The minimum absolute atomic E-state index is 0.767. The van der Waals surface area contributed by atoms with Crippen molar-refractivity contribution >= 4 is 11.3 Å². The van der Waals surface area contributed by atoms with Crippen molar-refractivity contribution < 1.29 is 0 Å². The summed E-state index contributed by atoms with van der Waals surface area (Å²) in [6.07, 6.45) is 6.34. The number of nitrogens with zero attached hydrogens (tertiary/aromatic N) is 4. The molecule has 102 valence electrons. The van der Waals surface area contributed by atoms with Gasteiger partial charge in [-0.2, -0.15) is 5.10 Å². The molecule has 1 atom stereocenters. The van der Waals surface area contributed by atoms with Crippen LogP contribution in [0.15, 0.2) is 17.8 Å². The summed E-state index contributed by atoms with van der Waals surface area (Å²) in [5.41, 5.74) is 2.64. The quantitative estimate of drug-likeness (QED) is 0.859. The lowest BCUT2D eigenvalue weighted by Gasteiger charge is -2.15. The van der Waals surface area contributed by atoms with Crippen LogP contribution >= 0.6 is 11.3 Å². The summed E-state index contributed by atoms with van der Waals surface area (Å²) in [6.45, 7) is 5.57. The zero-order valence-corrected chi connectivity index (χ0v) is 12.4. The standard InChI is InChI=1S/C14H20N4S/c1-11-13(8-16-17(11)2)10-18-5-3-12(9-18)7-14-15-4-6-19-14/h4,6,8,12H,3,5,7,9-10H2,1-2H3/t12-/m1/s1. The van der Waals surface area contributed by atoms with E-state index in [-0.39, 0.29) is 0 Å². The van der Waals surface area contributed by atoms with Gasteiger partial charge in [-0.05, 0) is 25.8 Å². The van der Waals surface area contributed by atoms with Crippen LogP contribution in [0.2, 0.25) is 0 Å². The second-order valence-corrected chi connectivity index (χ2v) is 6.38. The molecule has 0 saturated carbocycles. The normalized spacial score (nSPS) is 20.2. The second-order valence-electron chi connectivity index (χ2n) is 5.40. The van der Waals surface area contributed by atoms with Crippen LogP contribution in [0.3, 0.4) is 0 Å². The van der Waals surface area contributed by atoms with E-state index in [1.165, 1.54) is 35.8 Å². The van der Waals surface area contributed by atoms with Gasteiger partial charge in [0.2, 0.25) is 0 Å². The third-order valence-electron chi connectivity index (χ3n) is 4.05. The van der Waals surface area contributed by atoms with E-state index < -0.39 is 0 Å². The summed E-state index contributed by atoms with van der Waals surface area (Å²) in [7, 11) is 2.01. The third kappa shape index (κ3) is 2.87. The lowest BCUT2D eigenvalue weighted by Crippen LogP contribution is -2.21. The molecule has 0 aliphatic carbocycles. The molecule has 1 saturated heterocycles. The lowest BCUT2D eigenvalue weighted by molar-refractivity contribution is 0.315. The van der Waals surface area contributed by atoms with Crippen molar-refractivity contribution in [3.8, 4) is 0 Å². The number of aromatic nitrogens is 3. The Hall–Kier alpha value is -1.20. The largest absolute Gasteiger partial charge is 0.299 e. The molecule has 19 heavy (non-hydrogen) atoms. The Labute approximate surface area is 118 Å². The maximum absolute atomic E-state index is 4.39. The fourth-order valence-corrected chi connectivity index (χ4v) is 3.50. The van der Waals surface area contributed by atoms with E-state index in [0.29, 0.717) is 0 Å². The highest BCUT2D eigenvalue weighted by Gasteiger charge is 2.24. The van der Waals surface area contributed by atoms with Crippen molar-refractivity contribution in [2.24, 2.45) is 13.0 Å². The predicted molar refractivity (Wildman–Crippen MR) is 77.1 cm³/mol. The van der Waals surface area contributed by atoms with Crippen LogP contribution in [0.1, 0.15) is 22.7 Å². The number of hydrogen-bond donors (Lipinski definition) is 0. The Bertz CT molecular complexity index is 532. The molecule has 4 nitrogen and oxygen atoms in total. The Morgan fingerprint density at radius 1 is 1.47 bits per heavy atom. The van der Waals surface area contributed by atoms with E-state index in [2.05, 4.69) is 27.3 Å². The number of aryl methyl sites for hydroxylation is 1. The van der Waals surface area contributed by atoms with Gasteiger partial charge in [-0.1, -0.05) is 0 Å². The summed E-state index contributed by atoms with van der Waals surface area (Å²) >= 11 is 1.78. The molecule has 0 N–H and O–H groups in total. The first-order valence-electron chi connectivity index (χ1n) is 6.80. The molecule has 0 bridgehead atoms. The SMILES string of the molecule is Cc1c(CN2CC[C@H](Cc3nccs3)C2)cnn1C. The van der Waals surface area contributed by atoms with Gasteiger partial charge in [-0.15, -0.1) is 11.3 Å². The zero-order chi connectivity index (χ0) is 13.2. The van der Waals surface area contributed by atoms with Gasteiger partial charge < -0.3 is 0 Å². The van der Waals surface area contributed by atoms with Crippen LogP contribution in [-0.4, -0.2) is 32.8 Å². The van der Waals surface area contributed by atoms with E-state index in [0.717, 1.165) is 18.9 Å². The molecule has 1 fully saturated rings. The maximum Gasteiger partial charge on any atom is 0.0928 e. The van der Waals surface area contributed by atoms with Crippen LogP contribution in [0, 0.1) is 12.8 Å². The molecule has 1 aliphatic heterocycles. The molecule has 0 spiro atoms. The maximum atomic E-state index is 4.39. The van der Waals surface area contributed by atoms with Gasteiger partial charge in [0.15, 0.2) is 0 Å². The van der Waals surface area contributed by atoms with Crippen molar-refractivity contribution in [2.45, 2.75) is 26.3 Å². The van der Waals surface area contributed by atoms with Crippen LogP contribution in [0.5, 0.6) is 0 Å². The highest BCUT2D eigenvalue weighted by atomic mass is 32.1. The predicted octanol–water partition coefficient (Wildman–Crippen LogP) is 2.25. The van der Waals surface area contributed by atoms with Crippen LogP contribution in [0.25, 0.3) is 0 Å². The Balaban J connectivity index is 1.56. The van der Waals surface area contributed by atoms with Gasteiger partial charge in [0.05, 0.1) is 11.2 Å². The van der Waals surface area contributed by atoms with E-state index >= 15 is 0 Å². The third-order valence-corrected chi connectivity index (χ3v) is 4.85. The highest BCUT2D eigenvalue weighted by Crippen LogP contribution is 2.23. The second kappa shape index (κ2) is 5.43. The van der Waals surface area contributed by atoms with E-state index in [1.54, 1.807) is 11.3 Å². The number of thiazole rings is 1. The first kappa shape index (κ1) is 12.8. The van der Waals surface area contributed by atoms with Gasteiger partial charge in [0, 0.05) is 49.4 Å². The van der Waals surface area contributed by atoms with Crippen molar-refractivity contribution in [2.75, 3.05) is 13.1 Å². The molecular weight excluding hydrogens is 256 g/mol. The molecule has 2 aromatic heterocycles. The summed E-state index contributed by atoms with van der Waals surface area (Å²) in [5, 5.41) is 7.67. The molecule has 3 heterocycles. The van der Waals surface area contributed by atoms with Crippen LogP contribution in [0.4, 0.5) is 0 Å². The molecule has 0 radical (unpaired) electrons. The summed E-state index contributed by atoms with van der Waals surface area (Å²) in [5.74, 6) is 0.767. The lowest BCUT2D eigenvalue weighted by atomic mass is 10.1. The van der Waals surface area contributed by atoms with E-state index in [4.69, 9.17) is 0 Å².